The normalized spacial score (nSPS) is 16.2. The number of benzene rings is 1. The van der Waals surface area contributed by atoms with Crippen LogP contribution in [0.25, 0.3) is 0 Å². The van der Waals surface area contributed by atoms with Crippen LogP contribution in [-0.2, 0) is 0 Å². The Hall–Kier alpha value is -2.30. The van der Waals surface area contributed by atoms with Crippen molar-refractivity contribution >= 4 is 11.9 Å². The van der Waals surface area contributed by atoms with Gasteiger partial charge in [-0.05, 0) is 24.6 Å². The average molecular weight is 274 g/mol. The Kier molecular flexibility index (Phi) is 4.76. The van der Waals surface area contributed by atoms with E-state index in [1.54, 1.807) is 36.4 Å². The van der Waals surface area contributed by atoms with E-state index in [2.05, 4.69) is 5.32 Å². The van der Waals surface area contributed by atoms with Crippen LogP contribution in [0.1, 0.15) is 23.7 Å². The van der Waals surface area contributed by atoms with Gasteiger partial charge in [-0.25, -0.2) is 4.79 Å². The van der Waals surface area contributed by atoms with Gasteiger partial charge in [0.1, 0.15) is 12.4 Å². The number of rotatable bonds is 2. The van der Waals surface area contributed by atoms with E-state index < -0.39 is 0 Å². The molecule has 0 saturated heterocycles. The van der Waals surface area contributed by atoms with Crippen molar-refractivity contribution in [3.05, 3.63) is 42.0 Å². The van der Waals surface area contributed by atoms with E-state index in [4.69, 9.17) is 4.74 Å². The van der Waals surface area contributed by atoms with E-state index in [1.807, 2.05) is 6.92 Å². The van der Waals surface area contributed by atoms with Crippen LogP contribution >= 0.6 is 0 Å². The molecule has 0 saturated carbocycles. The van der Waals surface area contributed by atoms with Crippen molar-refractivity contribution in [2.75, 3.05) is 19.7 Å². The first-order valence-corrected chi connectivity index (χ1v) is 6.70. The SMILES string of the molecule is CCCNC(=O)N1C/C=C\COc2ccccc2C1=O. The van der Waals surface area contributed by atoms with Gasteiger partial charge in [-0.3, -0.25) is 9.69 Å². The molecule has 1 aliphatic rings. The molecule has 5 nitrogen and oxygen atoms in total. The summed E-state index contributed by atoms with van der Waals surface area (Å²) in [7, 11) is 0. The standard InChI is InChI=1S/C15H18N2O3/c1-2-9-16-15(19)17-10-5-6-11-20-13-8-4-3-7-12(13)14(17)18/h3-8H,2,9-11H2,1H3,(H,16,19)/b6-5-. The second-order valence-electron chi connectivity index (χ2n) is 4.43. The number of amides is 3. The summed E-state index contributed by atoms with van der Waals surface area (Å²) in [4.78, 5) is 25.8. The molecule has 0 fully saturated rings. The van der Waals surface area contributed by atoms with Gasteiger partial charge in [0.2, 0.25) is 0 Å². The minimum atomic E-state index is -0.377. The molecule has 106 valence electrons. The van der Waals surface area contributed by atoms with Gasteiger partial charge in [-0.1, -0.05) is 25.1 Å². The largest absolute Gasteiger partial charge is 0.489 e. The van der Waals surface area contributed by atoms with Gasteiger partial charge >= 0.3 is 6.03 Å². The van der Waals surface area contributed by atoms with E-state index in [-0.39, 0.29) is 18.5 Å². The Balaban J connectivity index is 2.28. The fourth-order valence-electron chi connectivity index (χ4n) is 1.89. The number of carbonyl (C=O) groups is 2. The van der Waals surface area contributed by atoms with Gasteiger partial charge in [0.15, 0.2) is 0 Å². The molecule has 1 aromatic rings. The molecular formula is C15H18N2O3. The fourth-order valence-corrected chi connectivity index (χ4v) is 1.89. The second-order valence-corrected chi connectivity index (χ2v) is 4.43. The molecule has 0 unspecified atom stereocenters. The summed E-state index contributed by atoms with van der Waals surface area (Å²) >= 11 is 0. The molecule has 0 atom stereocenters. The van der Waals surface area contributed by atoms with Crippen LogP contribution in [-0.4, -0.2) is 36.5 Å². The van der Waals surface area contributed by atoms with Crippen LogP contribution in [0, 0.1) is 0 Å². The highest BCUT2D eigenvalue weighted by atomic mass is 16.5. The topological polar surface area (TPSA) is 58.6 Å². The lowest BCUT2D eigenvalue weighted by Crippen LogP contribution is -2.44. The van der Waals surface area contributed by atoms with Crippen molar-refractivity contribution in [1.29, 1.82) is 0 Å². The van der Waals surface area contributed by atoms with Crippen molar-refractivity contribution in [3.63, 3.8) is 0 Å². The summed E-state index contributed by atoms with van der Waals surface area (Å²) in [5.74, 6) is 0.151. The molecule has 20 heavy (non-hydrogen) atoms. The third-order valence-electron chi connectivity index (χ3n) is 2.92. The molecule has 0 spiro atoms. The molecule has 0 radical (unpaired) electrons. The van der Waals surface area contributed by atoms with Gasteiger partial charge < -0.3 is 10.1 Å². The summed E-state index contributed by atoms with van der Waals surface area (Å²) in [5, 5.41) is 2.72. The monoisotopic (exact) mass is 274 g/mol. The smallest absolute Gasteiger partial charge is 0.324 e. The van der Waals surface area contributed by atoms with Crippen molar-refractivity contribution in [3.8, 4) is 5.75 Å². The molecule has 0 bridgehead atoms. The van der Waals surface area contributed by atoms with Crippen LogP contribution in [0.5, 0.6) is 5.75 Å². The number of nitrogens with one attached hydrogen (secondary N) is 1. The zero-order chi connectivity index (χ0) is 14.4. The third-order valence-corrected chi connectivity index (χ3v) is 2.92. The highest BCUT2D eigenvalue weighted by molar-refractivity contribution is 6.06. The quantitative estimate of drug-likeness (QED) is 0.841. The summed E-state index contributed by atoms with van der Waals surface area (Å²) in [6, 6.07) is 6.58. The Labute approximate surface area is 118 Å². The first kappa shape index (κ1) is 14.1. The molecule has 5 heteroatoms. The summed E-state index contributed by atoms with van der Waals surface area (Å²) < 4.78 is 5.52. The van der Waals surface area contributed by atoms with Crippen molar-refractivity contribution in [2.24, 2.45) is 0 Å². The highest BCUT2D eigenvalue weighted by Gasteiger charge is 2.24. The van der Waals surface area contributed by atoms with Crippen LogP contribution < -0.4 is 10.1 Å². The van der Waals surface area contributed by atoms with Gasteiger partial charge in [-0.15, -0.1) is 0 Å². The number of imide groups is 1. The molecule has 0 aromatic heterocycles. The van der Waals surface area contributed by atoms with Crippen molar-refractivity contribution in [1.82, 2.24) is 10.2 Å². The maximum atomic E-state index is 12.5. The summed E-state index contributed by atoms with van der Waals surface area (Å²) in [6.07, 6.45) is 4.38. The summed E-state index contributed by atoms with van der Waals surface area (Å²) in [5.41, 5.74) is 0.405. The number of para-hydroxylation sites is 1. The number of nitrogens with zero attached hydrogens (tertiary/aromatic N) is 1. The fraction of sp³-hybridized carbons (Fsp3) is 0.333. The number of urea groups is 1. The van der Waals surface area contributed by atoms with E-state index >= 15 is 0 Å². The molecular weight excluding hydrogens is 256 g/mol. The highest BCUT2D eigenvalue weighted by Crippen LogP contribution is 2.21. The number of hydrogen-bond acceptors (Lipinski definition) is 3. The molecule has 1 heterocycles. The molecule has 1 N–H and O–H groups in total. The van der Waals surface area contributed by atoms with Crippen LogP contribution in [0.3, 0.4) is 0 Å². The molecule has 1 aliphatic heterocycles. The number of ether oxygens (including phenoxy) is 1. The van der Waals surface area contributed by atoms with Crippen LogP contribution in [0.15, 0.2) is 36.4 Å². The van der Waals surface area contributed by atoms with Gasteiger partial charge in [0, 0.05) is 13.1 Å². The Morgan fingerprint density at radius 2 is 2.15 bits per heavy atom. The van der Waals surface area contributed by atoms with Crippen LogP contribution in [0.4, 0.5) is 4.79 Å². The first-order chi connectivity index (χ1) is 9.74. The van der Waals surface area contributed by atoms with E-state index in [0.29, 0.717) is 24.5 Å². The predicted molar refractivity (Wildman–Crippen MR) is 75.8 cm³/mol. The van der Waals surface area contributed by atoms with Crippen LogP contribution in [0.2, 0.25) is 0 Å². The average Bonchev–Trinajstić information content (AvgIpc) is 2.55. The summed E-state index contributed by atoms with van der Waals surface area (Å²) in [6.45, 7) is 3.13. The lowest BCUT2D eigenvalue weighted by molar-refractivity contribution is 0.0812. The zero-order valence-electron chi connectivity index (χ0n) is 11.5. The Bertz CT molecular complexity index is 526. The minimum absolute atomic E-state index is 0.242. The maximum absolute atomic E-state index is 12.5. The third kappa shape index (κ3) is 3.17. The Morgan fingerprint density at radius 3 is 2.95 bits per heavy atom. The van der Waals surface area contributed by atoms with E-state index in [0.717, 1.165) is 6.42 Å². The van der Waals surface area contributed by atoms with E-state index in [1.165, 1.54) is 4.90 Å². The van der Waals surface area contributed by atoms with Crippen molar-refractivity contribution < 1.29 is 14.3 Å². The minimum Gasteiger partial charge on any atom is -0.489 e. The molecule has 0 aliphatic carbocycles. The number of fused-ring (bicyclic) bond motifs is 1. The lowest BCUT2D eigenvalue weighted by Gasteiger charge is -2.20. The first-order valence-electron chi connectivity index (χ1n) is 6.70. The molecule has 1 aromatic carbocycles. The van der Waals surface area contributed by atoms with Gasteiger partial charge in [0.25, 0.3) is 5.91 Å². The van der Waals surface area contributed by atoms with Gasteiger partial charge in [0.05, 0.1) is 5.56 Å². The number of hydrogen-bond donors (Lipinski definition) is 1. The maximum Gasteiger partial charge on any atom is 0.324 e. The lowest BCUT2D eigenvalue weighted by atomic mass is 10.1. The van der Waals surface area contributed by atoms with E-state index in [9.17, 15) is 9.59 Å². The van der Waals surface area contributed by atoms with Crippen molar-refractivity contribution in [2.45, 2.75) is 13.3 Å². The predicted octanol–water partition coefficient (Wildman–Crippen LogP) is 2.20. The molecule has 3 amide bonds. The molecule has 2 rings (SSSR count). The zero-order valence-corrected chi connectivity index (χ0v) is 11.5. The van der Waals surface area contributed by atoms with Gasteiger partial charge in [-0.2, -0.15) is 0 Å². The Morgan fingerprint density at radius 1 is 1.35 bits per heavy atom. The second kappa shape index (κ2) is 6.75. The number of carbonyl (C=O) groups excluding carboxylic acids is 2.